The van der Waals surface area contributed by atoms with Crippen LogP contribution in [0.4, 0.5) is 0 Å². The molecule has 2 unspecified atom stereocenters. The zero-order valence-corrected chi connectivity index (χ0v) is 11.4. The van der Waals surface area contributed by atoms with Crippen LogP contribution in [0.15, 0.2) is 11.4 Å². The fourth-order valence-corrected chi connectivity index (χ4v) is 4.23. The van der Waals surface area contributed by atoms with Gasteiger partial charge in [0.05, 0.1) is 0 Å². The van der Waals surface area contributed by atoms with Crippen molar-refractivity contribution in [2.45, 2.75) is 44.2 Å². The van der Waals surface area contributed by atoms with Gasteiger partial charge in [-0.1, -0.05) is 0 Å². The van der Waals surface area contributed by atoms with Crippen molar-refractivity contribution in [3.8, 4) is 0 Å². The highest BCUT2D eigenvalue weighted by molar-refractivity contribution is 7.10. The number of aryl methyl sites for hydroxylation is 1. The number of likely N-dealkylation sites (tertiary alicyclic amines) is 1. The van der Waals surface area contributed by atoms with Crippen LogP contribution in [0.3, 0.4) is 0 Å². The maximum atomic E-state index is 3.90. The van der Waals surface area contributed by atoms with E-state index in [1.807, 2.05) is 11.3 Å². The standard InChI is InChI=1S/C14H22N2S/c1-16-8-3-4-11(10-16)15-13-5-2-6-14-12(13)7-9-17-14/h7,9,11,13,15H,2-6,8,10H2,1H3. The number of nitrogens with one attached hydrogen (secondary N) is 1. The third-order valence-corrected chi connectivity index (χ3v) is 5.11. The van der Waals surface area contributed by atoms with Crippen LogP contribution in [0.1, 0.15) is 42.2 Å². The van der Waals surface area contributed by atoms with Crippen molar-refractivity contribution in [3.05, 3.63) is 21.9 Å². The minimum absolute atomic E-state index is 0.626. The van der Waals surface area contributed by atoms with Crippen LogP contribution in [-0.4, -0.2) is 31.1 Å². The first-order chi connectivity index (χ1) is 8.33. The maximum absolute atomic E-state index is 3.90. The third-order valence-electron chi connectivity index (χ3n) is 4.11. The van der Waals surface area contributed by atoms with Gasteiger partial charge in [-0.2, -0.15) is 0 Å². The summed E-state index contributed by atoms with van der Waals surface area (Å²) in [4.78, 5) is 4.08. The van der Waals surface area contributed by atoms with Crippen LogP contribution < -0.4 is 5.32 Å². The van der Waals surface area contributed by atoms with E-state index >= 15 is 0 Å². The molecule has 2 aliphatic rings. The lowest BCUT2D eigenvalue weighted by molar-refractivity contribution is 0.212. The summed E-state index contributed by atoms with van der Waals surface area (Å²) in [7, 11) is 2.24. The molecule has 2 atom stereocenters. The van der Waals surface area contributed by atoms with Crippen LogP contribution in [0.2, 0.25) is 0 Å². The van der Waals surface area contributed by atoms with Crippen LogP contribution in [0.25, 0.3) is 0 Å². The smallest absolute Gasteiger partial charge is 0.0334 e. The summed E-state index contributed by atoms with van der Waals surface area (Å²) in [6.07, 6.45) is 6.67. The van der Waals surface area contributed by atoms with Gasteiger partial charge in [0.2, 0.25) is 0 Å². The lowest BCUT2D eigenvalue weighted by Gasteiger charge is -2.34. The van der Waals surface area contributed by atoms with Crippen molar-refractivity contribution in [1.29, 1.82) is 0 Å². The summed E-state index contributed by atoms with van der Waals surface area (Å²) >= 11 is 1.94. The zero-order chi connectivity index (χ0) is 11.7. The van der Waals surface area contributed by atoms with Crippen LogP contribution in [0.5, 0.6) is 0 Å². The monoisotopic (exact) mass is 250 g/mol. The van der Waals surface area contributed by atoms with Gasteiger partial charge in [0, 0.05) is 23.5 Å². The SMILES string of the molecule is CN1CCCC(NC2CCCc3sccc32)C1. The average Bonchev–Trinajstić information content (AvgIpc) is 2.78. The summed E-state index contributed by atoms with van der Waals surface area (Å²) in [5.41, 5.74) is 1.59. The molecule has 0 bridgehead atoms. The van der Waals surface area contributed by atoms with Crippen LogP contribution >= 0.6 is 11.3 Å². The molecule has 1 N–H and O–H groups in total. The predicted molar refractivity (Wildman–Crippen MR) is 73.7 cm³/mol. The summed E-state index contributed by atoms with van der Waals surface area (Å²) in [5.74, 6) is 0. The van der Waals surface area contributed by atoms with Crippen molar-refractivity contribution in [2.24, 2.45) is 0 Å². The van der Waals surface area contributed by atoms with Gasteiger partial charge < -0.3 is 10.2 Å². The molecular weight excluding hydrogens is 228 g/mol. The summed E-state index contributed by atoms with van der Waals surface area (Å²) in [6, 6.07) is 3.66. The molecule has 3 rings (SSSR count). The van der Waals surface area contributed by atoms with Crippen molar-refractivity contribution >= 4 is 11.3 Å². The van der Waals surface area contributed by atoms with E-state index in [-0.39, 0.29) is 0 Å². The summed E-state index contributed by atoms with van der Waals surface area (Å²) in [5, 5.41) is 6.16. The molecule has 1 saturated heterocycles. The summed E-state index contributed by atoms with van der Waals surface area (Å²) < 4.78 is 0. The highest BCUT2D eigenvalue weighted by atomic mass is 32.1. The van der Waals surface area contributed by atoms with E-state index in [2.05, 4.69) is 28.7 Å². The fourth-order valence-electron chi connectivity index (χ4n) is 3.25. The molecule has 2 nitrogen and oxygen atoms in total. The predicted octanol–water partition coefficient (Wildman–Crippen LogP) is 2.81. The van der Waals surface area contributed by atoms with Crippen molar-refractivity contribution < 1.29 is 0 Å². The van der Waals surface area contributed by atoms with Gasteiger partial charge >= 0.3 is 0 Å². The molecule has 3 heteroatoms. The van der Waals surface area contributed by atoms with E-state index in [4.69, 9.17) is 0 Å². The Labute approximate surface area is 108 Å². The van der Waals surface area contributed by atoms with Gasteiger partial charge in [0.15, 0.2) is 0 Å². The van der Waals surface area contributed by atoms with Gasteiger partial charge in [0.1, 0.15) is 0 Å². The molecule has 94 valence electrons. The molecule has 0 amide bonds. The van der Waals surface area contributed by atoms with E-state index in [1.54, 1.807) is 10.4 Å². The van der Waals surface area contributed by atoms with Crippen LogP contribution in [0, 0.1) is 0 Å². The van der Waals surface area contributed by atoms with Gasteiger partial charge in [-0.15, -0.1) is 11.3 Å². The van der Waals surface area contributed by atoms with Gasteiger partial charge in [-0.05, 0) is 62.7 Å². The minimum atomic E-state index is 0.626. The molecule has 0 spiro atoms. The molecule has 1 aromatic heterocycles. The van der Waals surface area contributed by atoms with E-state index < -0.39 is 0 Å². The highest BCUT2D eigenvalue weighted by Gasteiger charge is 2.25. The molecule has 0 aromatic carbocycles. The van der Waals surface area contributed by atoms with E-state index in [9.17, 15) is 0 Å². The minimum Gasteiger partial charge on any atom is -0.306 e. The second kappa shape index (κ2) is 5.09. The number of hydrogen-bond donors (Lipinski definition) is 1. The maximum Gasteiger partial charge on any atom is 0.0334 e. The number of likely N-dealkylation sites (N-methyl/N-ethyl adjacent to an activating group) is 1. The number of fused-ring (bicyclic) bond motifs is 1. The average molecular weight is 250 g/mol. The van der Waals surface area contributed by atoms with Gasteiger partial charge in [0.25, 0.3) is 0 Å². The summed E-state index contributed by atoms with van der Waals surface area (Å²) in [6.45, 7) is 2.49. The van der Waals surface area contributed by atoms with E-state index in [0.29, 0.717) is 12.1 Å². The van der Waals surface area contributed by atoms with Crippen molar-refractivity contribution in [3.63, 3.8) is 0 Å². The Morgan fingerprint density at radius 1 is 1.35 bits per heavy atom. The van der Waals surface area contributed by atoms with Gasteiger partial charge in [-0.3, -0.25) is 0 Å². The molecule has 1 fully saturated rings. The molecule has 0 radical (unpaired) electrons. The molecule has 2 heterocycles. The number of rotatable bonds is 2. The van der Waals surface area contributed by atoms with E-state index in [1.165, 1.54) is 45.2 Å². The Morgan fingerprint density at radius 2 is 2.29 bits per heavy atom. The number of piperidine rings is 1. The first-order valence-electron chi connectivity index (χ1n) is 6.84. The topological polar surface area (TPSA) is 15.3 Å². The Balaban J connectivity index is 1.66. The first-order valence-corrected chi connectivity index (χ1v) is 7.72. The lowest BCUT2D eigenvalue weighted by atomic mass is 9.92. The normalized spacial score (nSPS) is 30.2. The number of nitrogens with zero attached hydrogens (tertiary/aromatic N) is 1. The van der Waals surface area contributed by atoms with E-state index in [0.717, 1.165) is 0 Å². The quantitative estimate of drug-likeness (QED) is 0.868. The third kappa shape index (κ3) is 2.56. The Kier molecular flexibility index (Phi) is 3.50. The second-order valence-electron chi connectivity index (χ2n) is 5.51. The Hall–Kier alpha value is -0.380. The van der Waals surface area contributed by atoms with Crippen molar-refractivity contribution in [2.75, 3.05) is 20.1 Å². The molecule has 1 aliphatic heterocycles. The fraction of sp³-hybridized carbons (Fsp3) is 0.714. The van der Waals surface area contributed by atoms with Gasteiger partial charge in [-0.25, -0.2) is 0 Å². The molecule has 17 heavy (non-hydrogen) atoms. The second-order valence-corrected chi connectivity index (χ2v) is 6.51. The first kappa shape index (κ1) is 11.7. The zero-order valence-electron chi connectivity index (χ0n) is 10.6. The molecule has 1 aromatic rings. The largest absolute Gasteiger partial charge is 0.306 e. The van der Waals surface area contributed by atoms with Crippen LogP contribution in [-0.2, 0) is 6.42 Å². The molecular formula is C14H22N2S. The molecule has 0 saturated carbocycles. The molecule has 1 aliphatic carbocycles. The number of hydrogen-bond acceptors (Lipinski definition) is 3. The number of thiophene rings is 1. The lowest BCUT2D eigenvalue weighted by Crippen LogP contribution is -2.45. The van der Waals surface area contributed by atoms with Crippen molar-refractivity contribution in [1.82, 2.24) is 10.2 Å². The highest BCUT2D eigenvalue weighted by Crippen LogP contribution is 2.33. The Bertz CT molecular complexity index is 374. The Morgan fingerprint density at radius 3 is 3.18 bits per heavy atom.